The van der Waals surface area contributed by atoms with E-state index < -0.39 is 5.91 Å². The van der Waals surface area contributed by atoms with Gasteiger partial charge in [0.05, 0.1) is 36.8 Å². The number of pyridine rings is 1. The van der Waals surface area contributed by atoms with Gasteiger partial charge in [0, 0.05) is 36.1 Å². The molecule has 5 heterocycles. The number of hydrogen-bond acceptors (Lipinski definition) is 11. The zero-order valence-corrected chi connectivity index (χ0v) is 26.4. The topological polar surface area (TPSA) is 140 Å². The second kappa shape index (κ2) is 12.9. The van der Waals surface area contributed by atoms with Crippen molar-refractivity contribution in [1.82, 2.24) is 30.4 Å². The Labute approximate surface area is 263 Å². The molecule has 0 bridgehead atoms. The molecule has 1 aromatic carbocycles. The predicted octanol–water partition coefficient (Wildman–Crippen LogP) is 5.35. The van der Waals surface area contributed by atoms with Gasteiger partial charge in [0.25, 0.3) is 0 Å². The minimum absolute atomic E-state index is 0.0429. The van der Waals surface area contributed by atoms with Crippen LogP contribution < -0.4 is 15.5 Å². The third-order valence-electron chi connectivity index (χ3n) is 8.28. The number of rotatable bonds is 8. The van der Waals surface area contributed by atoms with E-state index >= 15 is 0 Å². The van der Waals surface area contributed by atoms with Crippen LogP contribution in [0.5, 0.6) is 0 Å². The molecule has 236 valence electrons. The number of hydrogen-bond donors (Lipinski definition) is 2. The molecular weight excluding hydrogens is 572 g/mol. The van der Waals surface area contributed by atoms with Crippen molar-refractivity contribution in [3.63, 3.8) is 0 Å². The van der Waals surface area contributed by atoms with Gasteiger partial charge >= 0.3 is 11.8 Å². The quantitative estimate of drug-likeness (QED) is 0.266. The molecule has 2 N–H and O–H groups in total. The van der Waals surface area contributed by atoms with Crippen LogP contribution in [0.2, 0.25) is 0 Å². The van der Waals surface area contributed by atoms with Crippen LogP contribution in [-0.4, -0.2) is 63.6 Å². The minimum atomic E-state index is -0.406. The number of piperidine rings is 1. The summed E-state index contributed by atoms with van der Waals surface area (Å²) in [6.07, 6.45) is 5.48. The number of anilines is 3. The van der Waals surface area contributed by atoms with Gasteiger partial charge in [-0.15, -0.1) is 0 Å². The van der Waals surface area contributed by atoms with Gasteiger partial charge < -0.3 is 29.5 Å². The third kappa shape index (κ3) is 7.12. The third-order valence-corrected chi connectivity index (χ3v) is 8.28. The summed E-state index contributed by atoms with van der Waals surface area (Å²) in [7, 11) is 0. The fraction of sp³-hybridized carbons (Fsp3) is 0.455. The number of aryl methyl sites for hydroxylation is 1. The van der Waals surface area contributed by atoms with E-state index in [4.69, 9.17) is 14.0 Å². The summed E-state index contributed by atoms with van der Waals surface area (Å²) < 4.78 is 16.6. The van der Waals surface area contributed by atoms with Crippen molar-refractivity contribution < 1.29 is 18.8 Å². The fourth-order valence-electron chi connectivity index (χ4n) is 5.72. The van der Waals surface area contributed by atoms with Gasteiger partial charge in [0.2, 0.25) is 0 Å². The first-order chi connectivity index (χ1) is 21.6. The smallest absolute Gasteiger partial charge is 0.315 e. The highest BCUT2D eigenvalue weighted by Crippen LogP contribution is 2.30. The zero-order valence-electron chi connectivity index (χ0n) is 26.4. The van der Waals surface area contributed by atoms with Gasteiger partial charge in [-0.3, -0.25) is 4.79 Å². The molecule has 2 saturated heterocycles. The van der Waals surface area contributed by atoms with Crippen LogP contribution in [0.3, 0.4) is 0 Å². The number of carbonyl (C=O) groups excluding carboxylic acids is 1. The Morgan fingerprint density at radius 2 is 1.78 bits per heavy atom. The maximum absolute atomic E-state index is 12.8. The molecule has 6 rings (SSSR count). The van der Waals surface area contributed by atoms with Crippen LogP contribution in [0.1, 0.15) is 74.2 Å². The van der Waals surface area contributed by atoms with Gasteiger partial charge in [-0.05, 0) is 56.0 Å². The molecule has 1 atom stereocenters. The van der Waals surface area contributed by atoms with Gasteiger partial charge in [-0.25, -0.2) is 15.0 Å². The molecule has 0 radical (unpaired) electrons. The first kappa shape index (κ1) is 30.6. The molecule has 3 aromatic heterocycles. The van der Waals surface area contributed by atoms with Crippen LogP contribution in [0, 0.1) is 12.8 Å². The maximum atomic E-state index is 12.8. The largest absolute Gasteiger partial charge is 0.370 e. The Morgan fingerprint density at radius 1 is 1.00 bits per heavy atom. The maximum Gasteiger partial charge on any atom is 0.315 e. The number of benzene rings is 1. The number of aromatic nitrogens is 5. The molecule has 12 nitrogen and oxygen atoms in total. The Kier molecular flexibility index (Phi) is 8.77. The lowest BCUT2D eigenvalue weighted by molar-refractivity contribution is -0.0889. The summed E-state index contributed by atoms with van der Waals surface area (Å²) >= 11 is 0. The lowest BCUT2D eigenvalue weighted by Crippen LogP contribution is -2.38. The molecule has 2 aliphatic rings. The normalized spacial score (nSPS) is 17.0. The van der Waals surface area contributed by atoms with E-state index in [0.717, 1.165) is 54.0 Å². The molecule has 2 fully saturated rings. The number of nitrogens with one attached hydrogen (secondary N) is 2. The highest BCUT2D eigenvalue weighted by atomic mass is 16.7. The summed E-state index contributed by atoms with van der Waals surface area (Å²) in [4.78, 5) is 32.9. The van der Waals surface area contributed by atoms with Crippen molar-refractivity contribution >= 4 is 23.2 Å². The summed E-state index contributed by atoms with van der Waals surface area (Å²) in [6, 6.07) is 11.7. The Morgan fingerprint density at radius 3 is 2.44 bits per heavy atom. The van der Waals surface area contributed by atoms with Crippen molar-refractivity contribution in [2.45, 2.75) is 65.2 Å². The van der Waals surface area contributed by atoms with E-state index in [2.05, 4.69) is 52.8 Å². The zero-order chi connectivity index (χ0) is 31.6. The molecule has 2 aliphatic heterocycles. The average Bonchev–Trinajstić information content (AvgIpc) is 3.75. The first-order valence-electron chi connectivity index (χ1n) is 15.4. The van der Waals surface area contributed by atoms with Crippen LogP contribution in [0.25, 0.3) is 11.3 Å². The number of amides is 1. The first-order valence-corrected chi connectivity index (χ1v) is 15.4. The molecule has 12 heteroatoms. The summed E-state index contributed by atoms with van der Waals surface area (Å²) in [6.45, 7) is 13.1. The molecule has 4 aromatic rings. The van der Waals surface area contributed by atoms with Crippen LogP contribution in [0.4, 0.5) is 17.3 Å². The Hall–Kier alpha value is -4.42. The van der Waals surface area contributed by atoms with Gasteiger partial charge in [-0.1, -0.05) is 38.1 Å². The number of ether oxygens (including phenoxy) is 2. The van der Waals surface area contributed by atoms with Gasteiger partial charge in [0.1, 0.15) is 18.0 Å². The average molecular weight is 613 g/mol. The highest BCUT2D eigenvalue weighted by Gasteiger charge is 2.30. The van der Waals surface area contributed by atoms with E-state index in [9.17, 15) is 4.79 Å². The SMILES string of the molecule is Cc1cc(-c2cc(Nc3ccc(N4CCC(C5OCCO5)CC4)cn3)ncn2)ccc1[C@@H](C)NC(=O)c1nc(C(C)(C)C)no1. The molecule has 0 saturated carbocycles. The molecule has 0 aliphatic carbocycles. The van der Waals surface area contributed by atoms with Crippen LogP contribution in [-0.2, 0) is 14.9 Å². The number of nitrogens with zero attached hydrogens (tertiary/aromatic N) is 6. The monoisotopic (exact) mass is 612 g/mol. The second-order valence-corrected chi connectivity index (χ2v) is 12.7. The van der Waals surface area contributed by atoms with Gasteiger partial charge in [-0.2, -0.15) is 4.98 Å². The van der Waals surface area contributed by atoms with Crippen LogP contribution in [0.15, 0.2) is 53.4 Å². The van der Waals surface area contributed by atoms with E-state index in [-0.39, 0.29) is 23.6 Å². The van der Waals surface area contributed by atoms with Crippen molar-refractivity contribution in [1.29, 1.82) is 0 Å². The fourth-order valence-corrected chi connectivity index (χ4v) is 5.72. The van der Waals surface area contributed by atoms with E-state index in [0.29, 0.717) is 36.6 Å². The summed E-state index contributed by atoms with van der Waals surface area (Å²) in [5, 5.41) is 10.2. The van der Waals surface area contributed by atoms with Crippen molar-refractivity contribution in [2.24, 2.45) is 5.92 Å². The minimum Gasteiger partial charge on any atom is -0.370 e. The molecule has 0 spiro atoms. The highest BCUT2D eigenvalue weighted by molar-refractivity contribution is 5.89. The van der Waals surface area contributed by atoms with E-state index in [1.807, 2.05) is 65.1 Å². The lowest BCUT2D eigenvalue weighted by atomic mass is 9.96. The van der Waals surface area contributed by atoms with Crippen molar-refractivity contribution in [3.8, 4) is 11.3 Å². The lowest BCUT2D eigenvalue weighted by Gasteiger charge is -2.35. The second-order valence-electron chi connectivity index (χ2n) is 12.7. The van der Waals surface area contributed by atoms with Crippen LogP contribution >= 0.6 is 0 Å². The molecule has 1 amide bonds. The molecule has 45 heavy (non-hydrogen) atoms. The Balaban J connectivity index is 1.06. The molecular formula is C33H40N8O4. The summed E-state index contributed by atoms with van der Waals surface area (Å²) in [5.74, 6) is 1.85. The Bertz CT molecular complexity index is 1620. The molecule has 0 unspecified atom stereocenters. The predicted molar refractivity (Wildman–Crippen MR) is 169 cm³/mol. The van der Waals surface area contributed by atoms with E-state index in [1.165, 1.54) is 6.33 Å². The van der Waals surface area contributed by atoms with Gasteiger partial charge in [0.15, 0.2) is 12.1 Å². The standard InChI is InChI=1S/C33H40N8O4/c1-20-16-23(6-8-25(20)21(2)37-29(42)30-39-32(40-45-30)33(3,4)5)26-17-28(36-19-35-26)38-27-9-7-24(18-34-27)41-12-10-22(11-13-41)31-43-14-15-44-31/h6-9,16-19,21-22,31H,10-15H2,1-5H3,(H,37,42)(H,34,35,36,38)/t21-/m1/s1. The number of carbonyl (C=O) groups is 1. The summed E-state index contributed by atoms with van der Waals surface area (Å²) in [5.41, 5.74) is 4.49. The van der Waals surface area contributed by atoms with E-state index in [1.54, 1.807) is 0 Å². The van der Waals surface area contributed by atoms with Crippen molar-refractivity contribution in [3.05, 3.63) is 71.8 Å². The van der Waals surface area contributed by atoms with Crippen molar-refractivity contribution in [2.75, 3.05) is 36.5 Å².